The zero-order chi connectivity index (χ0) is 13.4. The van der Waals surface area contributed by atoms with Crippen molar-refractivity contribution in [2.24, 2.45) is 0 Å². The standard InChI is InChI=1S/C11H12N4O3S/c1-6-7(4-9(18-6)10(16)17)5-19-11-12-13-14-15(11)8-2-3-8/h4,8H,2-3,5H2,1H3,(H,16,17). The summed E-state index contributed by atoms with van der Waals surface area (Å²) < 4.78 is 7.00. The van der Waals surface area contributed by atoms with Gasteiger partial charge in [0.15, 0.2) is 0 Å². The summed E-state index contributed by atoms with van der Waals surface area (Å²) in [5, 5.41) is 21.2. The van der Waals surface area contributed by atoms with E-state index < -0.39 is 5.97 Å². The molecule has 1 aliphatic rings. The molecule has 1 aliphatic carbocycles. The van der Waals surface area contributed by atoms with Crippen LogP contribution in [0.15, 0.2) is 15.6 Å². The molecule has 0 atom stereocenters. The van der Waals surface area contributed by atoms with Crippen molar-refractivity contribution in [1.82, 2.24) is 20.2 Å². The van der Waals surface area contributed by atoms with Gasteiger partial charge in [0.1, 0.15) is 5.76 Å². The van der Waals surface area contributed by atoms with Crippen LogP contribution < -0.4 is 0 Å². The molecule has 2 heterocycles. The van der Waals surface area contributed by atoms with Crippen molar-refractivity contribution in [2.45, 2.75) is 36.7 Å². The van der Waals surface area contributed by atoms with Gasteiger partial charge in [0.25, 0.3) is 0 Å². The van der Waals surface area contributed by atoms with Gasteiger partial charge in [-0.25, -0.2) is 9.48 Å². The van der Waals surface area contributed by atoms with E-state index in [1.165, 1.54) is 11.8 Å². The fourth-order valence-corrected chi connectivity index (χ4v) is 2.72. The highest BCUT2D eigenvalue weighted by atomic mass is 32.2. The highest BCUT2D eigenvalue weighted by Gasteiger charge is 2.28. The molecule has 0 amide bonds. The Bertz CT molecular complexity index is 617. The number of hydrogen-bond acceptors (Lipinski definition) is 6. The first-order valence-electron chi connectivity index (χ1n) is 5.88. The number of aromatic nitrogens is 4. The lowest BCUT2D eigenvalue weighted by molar-refractivity contribution is 0.0661. The Morgan fingerprint density at radius 3 is 3.05 bits per heavy atom. The van der Waals surface area contributed by atoms with E-state index in [0.717, 1.165) is 23.6 Å². The van der Waals surface area contributed by atoms with E-state index in [1.807, 2.05) is 4.68 Å². The minimum atomic E-state index is -1.05. The molecule has 100 valence electrons. The summed E-state index contributed by atoms with van der Waals surface area (Å²) in [6.07, 6.45) is 2.24. The Kier molecular flexibility index (Phi) is 3.02. The van der Waals surface area contributed by atoms with Gasteiger partial charge >= 0.3 is 5.97 Å². The molecule has 3 rings (SSSR count). The molecule has 2 aromatic rings. The van der Waals surface area contributed by atoms with Gasteiger partial charge in [-0.05, 0) is 36.3 Å². The highest BCUT2D eigenvalue weighted by molar-refractivity contribution is 7.98. The van der Waals surface area contributed by atoms with Crippen molar-refractivity contribution in [2.75, 3.05) is 0 Å². The summed E-state index contributed by atoms with van der Waals surface area (Å²) >= 11 is 1.49. The summed E-state index contributed by atoms with van der Waals surface area (Å²) in [6, 6.07) is 1.98. The Hall–Kier alpha value is -1.83. The molecule has 8 heteroatoms. The Labute approximate surface area is 113 Å². The summed E-state index contributed by atoms with van der Waals surface area (Å²) in [4.78, 5) is 10.8. The van der Waals surface area contributed by atoms with Crippen LogP contribution in [0.2, 0.25) is 0 Å². The van der Waals surface area contributed by atoms with Crippen LogP contribution in [0, 0.1) is 6.92 Å². The third kappa shape index (κ3) is 2.48. The van der Waals surface area contributed by atoms with Crippen molar-refractivity contribution in [1.29, 1.82) is 0 Å². The fourth-order valence-electron chi connectivity index (χ4n) is 1.74. The van der Waals surface area contributed by atoms with Crippen molar-refractivity contribution in [3.05, 3.63) is 23.2 Å². The highest BCUT2D eigenvalue weighted by Crippen LogP contribution is 2.37. The molecule has 0 bridgehead atoms. The Morgan fingerprint density at radius 1 is 1.63 bits per heavy atom. The van der Waals surface area contributed by atoms with Crippen molar-refractivity contribution in [3.63, 3.8) is 0 Å². The van der Waals surface area contributed by atoms with Crippen LogP contribution in [0.3, 0.4) is 0 Å². The number of aryl methyl sites for hydroxylation is 1. The molecule has 7 nitrogen and oxygen atoms in total. The molecular weight excluding hydrogens is 268 g/mol. The molecule has 0 radical (unpaired) electrons. The lowest BCUT2D eigenvalue weighted by atomic mass is 10.3. The number of carbonyl (C=O) groups is 1. The van der Waals surface area contributed by atoms with E-state index in [-0.39, 0.29) is 5.76 Å². The zero-order valence-corrected chi connectivity index (χ0v) is 11.1. The predicted molar refractivity (Wildman–Crippen MR) is 66.1 cm³/mol. The van der Waals surface area contributed by atoms with E-state index in [1.54, 1.807) is 13.0 Å². The average Bonchev–Trinajstić information content (AvgIpc) is 2.99. The number of aromatic carboxylic acids is 1. The van der Waals surface area contributed by atoms with Gasteiger partial charge in [-0.15, -0.1) is 5.10 Å². The zero-order valence-electron chi connectivity index (χ0n) is 10.2. The van der Waals surface area contributed by atoms with E-state index >= 15 is 0 Å². The first-order chi connectivity index (χ1) is 9.15. The SMILES string of the molecule is Cc1oc(C(=O)O)cc1CSc1nnnn1C1CC1. The van der Waals surface area contributed by atoms with E-state index in [9.17, 15) is 4.79 Å². The average molecular weight is 280 g/mol. The second-order valence-corrected chi connectivity index (χ2v) is 5.37. The van der Waals surface area contributed by atoms with Gasteiger partial charge in [0.2, 0.25) is 10.9 Å². The molecule has 0 unspecified atom stereocenters. The van der Waals surface area contributed by atoms with Gasteiger partial charge in [0.05, 0.1) is 6.04 Å². The minimum Gasteiger partial charge on any atom is -0.475 e. The molecule has 2 aromatic heterocycles. The maximum Gasteiger partial charge on any atom is 0.371 e. The summed E-state index contributed by atoms with van der Waals surface area (Å²) in [5.74, 6) is 0.128. The predicted octanol–water partition coefficient (Wildman–Crippen LogP) is 1.90. The van der Waals surface area contributed by atoms with Crippen LogP contribution in [0.1, 0.15) is 40.8 Å². The summed E-state index contributed by atoms with van der Waals surface area (Å²) in [5.41, 5.74) is 0.854. The first-order valence-corrected chi connectivity index (χ1v) is 6.87. The lowest BCUT2D eigenvalue weighted by Crippen LogP contribution is -1.98. The van der Waals surface area contributed by atoms with Crippen molar-refractivity contribution >= 4 is 17.7 Å². The molecule has 0 aliphatic heterocycles. The molecule has 0 saturated heterocycles. The van der Waals surface area contributed by atoms with Crippen LogP contribution in [-0.4, -0.2) is 31.3 Å². The van der Waals surface area contributed by atoms with E-state index in [2.05, 4.69) is 15.5 Å². The third-order valence-electron chi connectivity index (χ3n) is 2.94. The van der Waals surface area contributed by atoms with Crippen LogP contribution in [-0.2, 0) is 5.75 Å². The largest absolute Gasteiger partial charge is 0.475 e. The fraction of sp³-hybridized carbons (Fsp3) is 0.455. The maximum atomic E-state index is 10.8. The second-order valence-electron chi connectivity index (χ2n) is 4.42. The van der Waals surface area contributed by atoms with Gasteiger partial charge < -0.3 is 9.52 Å². The smallest absolute Gasteiger partial charge is 0.371 e. The first kappa shape index (κ1) is 12.2. The van der Waals surface area contributed by atoms with Crippen molar-refractivity contribution in [3.8, 4) is 0 Å². The molecule has 19 heavy (non-hydrogen) atoms. The monoisotopic (exact) mass is 280 g/mol. The second kappa shape index (κ2) is 4.69. The quantitative estimate of drug-likeness (QED) is 0.836. The van der Waals surface area contributed by atoms with Gasteiger partial charge in [-0.1, -0.05) is 11.8 Å². The van der Waals surface area contributed by atoms with Crippen LogP contribution >= 0.6 is 11.8 Å². The number of tetrazole rings is 1. The van der Waals surface area contributed by atoms with Gasteiger partial charge in [0, 0.05) is 11.3 Å². The normalized spacial score (nSPS) is 14.8. The number of nitrogens with zero attached hydrogens (tertiary/aromatic N) is 4. The number of hydrogen-bond donors (Lipinski definition) is 1. The maximum absolute atomic E-state index is 10.8. The topological polar surface area (TPSA) is 94.0 Å². The molecule has 0 spiro atoms. The molecule has 1 saturated carbocycles. The summed E-state index contributed by atoms with van der Waals surface area (Å²) in [7, 11) is 0. The minimum absolute atomic E-state index is 0.0325. The van der Waals surface area contributed by atoms with Crippen LogP contribution in [0.25, 0.3) is 0 Å². The lowest BCUT2D eigenvalue weighted by Gasteiger charge is -2.01. The number of carboxylic acids is 1. The van der Waals surface area contributed by atoms with Gasteiger partial charge in [-0.2, -0.15) is 0 Å². The Morgan fingerprint density at radius 2 is 2.42 bits per heavy atom. The number of carboxylic acid groups (broad SMARTS) is 1. The summed E-state index contributed by atoms with van der Waals surface area (Å²) in [6.45, 7) is 1.76. The molecule has 0 aromatic carbocycles. The van der Waals surface area contributed by atoms with Crippen molar-refractivity contribution < 1.29 is 14.3 Å². The van der Waals surface area contributed by atoms with Crippen LogP contribution in [0.5, 0.6) is 0 Å². The number of rotatable bonds is 5. The Balaban J connectivity index is 1.71. The van der Waals surface area contributed by atoms with Gasteiger partial charge in [-0.3, -0.25) is 0 Å². The van der Waals surface area contributed by atoms with E-state index in [0.29, 0.717) is 17.6 Å². The molecule has 1 fully saturated rings. The van der Waals surface area contributed by atoms with E-state index in [4.69, 9.17) is 9.52 Å². The molecular formula is C11H12N4O3S. The number of furan rings is 1. The van der Waals surface area contributed by atoms with Crippen LogP contribution in [0.4, 0.5) is 0 Å². The third-order valence-corrected chi connectivity index (χ3v) is 3.93. The number of thioether (sulfide) groups is 1. The molecule has 1 N–H and O–H groups in total.